The normalized spacial score (nSPS) is 14.3. The van der Waals surface area contributed by atoms with Crippen molar-refractivity contribution in [3.8, 4) is 0 Å². The van der Waals surface area contributed by atoms with Crippen LogP contribution in [-0.2, 0) is 10.8 Å². The maximum Gasteiger partial charge on any atom is 0.185 e. The van der Waals surface area contributed by atoms with E-state index in [9.17, 15) is 0 Å². The molecule has 0 aliphatic carbocycles. The molecule has 0 saturated carbocycles. The van der Waals surface area contributed by atoms with Gasteiger partial charge in [-0.1, -0.05) is 69.2 Å². The molecule has 1 N–H and O–H groups in total. The Morgan fingerprint density at radius 1 is 0.774 bits per heavy atom. The number of fused-ring (bicyclic) bond motifs is 2. The summed E-state index contributed by atoms with van der Waals surface area (Å²) in [7, 11) is 0. The highest BCUT2D eigenvalue weighted by Gasteiger charge is 2.27. The smallest absolute Gasteiger partial charge is 0.185 e. The van der Waals surface area contributed by atoms with Crippen LogP contribution in [0, 0.1) is 0 Å². The van der Waals surface area contributed by atoms with E-state index in [0.717, 1.165) is 45.1 Å². The fourth-order valence-corrected chi connectivity index (χ4v) is 3.70. The maximum atomic E-state index is 4.86. The third kappa shape index (κ3) is 3.62. The van der Waals surface area contributed by atoms with Crippen molar-refractivity contribution in [2.45, 2.75) is 91.9 Å². The summed E-state index contributed by atoms with van der Waals surface area (Å²) >= 11 is 0. The second-order valence-electron chi connectivity index (χ2n) is 11.1. The molecule has 166 valence electrons. The fourth-order valence-electron chi connectivity index (χ4n) is 3.70. The molecule has 0 fully saturated rings. The molecule has 31 heavy (non-hydrogen) atoms. The molecule has 0 atom stereocenters. The number of aromatic amines is 1. The van der Waals surface area contributed by atoms with E-state index in [2.05, 4.69) is 90.6 Å². The van der Waals surface area contributed by atoms with E-state index in [-0.39, 0.29) is 22.7 Å². The van der Waals surface area contributed by atoms with Gasteiger partial charge in [0.1, 0.15) is 0 Å². The van der Waals surface area contributed by atoms with Gasteiger partial charge in [-0.05, 0) is 6.08 Å². The SMILES string of the molecule is CC(C)c1nc2c(=Cc3c(C(C)(C)C)[nH]n4nc(C(C)C)nc34)c(C(C)(C)C)nn2n1. The summed E-state index contributed by atoms with van der Waals surface area (Å²) in [6.45, 7) is 21.5. The summed E-state index contributed by atoms with van der Waals surface area (Å²) in [6, 6.07) is 0. The van der Waals surface area contributed by atoms with Gasteiger partial charge in [0.2, 0.25) is 0 Å². The number of H-pyrrole nitrogens is 1. The second-order valence-corrected chi connectivity index (χ2v) is 11.1. The number of nitrogens with one attached hydrogen (secondary N) is 1. The maximum absolute atomic E-state index is 4.86. The Bertz CT molecular complexity index is 1300. The molecule has 0 bridgehead atoms. The third-order valence-electron chi connectivity index (χ3n) is 5.43. The highest BCUT2D eigenvalue weighted by atomic mass is 15.5. The molecule has 4 heterocycles. The average molecular weight is 423 g/mol. The molecular weight excluding hydrogens is 388 g/mol. The highest BCUT2D eigenvalue weighted by Crippen LogP contribution is 2.29. The van der Waals surface area contributed by atoms with Crippen molar-refractivity contribution in [1.29, 1.82) is 0 Å². The molecule has 0 saturated heterocycles. The Hall–Kier alpha value is -2.77. The van der Waals surface area contributed by atoms with Gasteiger partial charge in [-0.25, -0.2) is 9.97 Å². The summed E-state index contributed by atoms with van der Waals surface area (Å²) in [5.74, 6) is 2.12. The molecule has 0 radical (unpaired) electrons. The summed E-state index contributed by atoms with van der Waals surface area (Å²) < 4.78 is 3.49. The summed E-state index contributed by atoms with van der Waals surface area (Å²) in [5, 5.41) is 18.6. The van der Waals surface area contributed by atoms with E-state index in [0.29, 0.717) is 0 Å². The van der Waals surface area contributed by atoms with E-state index in [1.165, 1.54) is 0 Å². The summed E-state index contributed by atoms with van der Waals surface area (Å²) in [5.41, 5.74) is 4.44. The minimum Gasteiger partial charge on any atom is -0.279 e. The predicted octanol–water partition coefficient (Wildman–Crippen LogP) is 3.88. The molecule has 0 aromatic carbocycles. The lowest BCUT2D eigenvalue weighted by molar-refractivity contribution is 0.551. The first-order valence-electron chi connectivity index (χ1n) is 11.1. The van der Waals surface area contributed by atoms with Gasteiger partial charge in [0.25, 0.3) is 0 Å². The molecule has 0 unspecified atom stereocenters. The molecule has 4 rings (SSSR count). The van der Waals surface area contributed by atoms with Gasteiger partial charge < -0.3 is 0 Å². The number of aromatic nitrogens is 8. The number of rotatable bonds is 3. The zero-order valence-corrected chi connectivity index (χ0v) is 20.4. The Morgan fingerprint density at radius 2 is 1.35 bits per heavy atom. The van der Waals surface area contributed by atoms with Crippen molar-refractivity contribution < 1.29 is 0 Å². The number of nitrogens with zero attached hydrogens (tertiary/aromatic N) is 7. The highest BCUT2D eigenvalue weighted by molar-refractivity contribution is 5.71. The van der Waals surface area contributed by atoms with Crippen LogP contribution >= 0.6 is 0 Å². The lowest BCUT2D eigenvalue weighted by Crippen LogP contribution is -2.22. The van der Waals surface area contributed by atoms with Gasteiger partial charge in [0.05, 0.1) is 11.4 Å². The van der Waals surface area contributed by atoms with Crippen LogP contribution in [0.3, 0.4) is 0 Å². The van der Waals surface area contributed by atoms with Gasteiger partial charge in [-0.2, -0.15) is 9.73 Å². The molecule has 8 heteroatoms. The van der Waals surface area contributed by atoms with Crippen molar-refractivity contribution in [3.63, 3.8) is 0 Å². The van der Waals surface area contributed by atoms with E-state index >= 15 is 0 Å². The van der Waals surface area contributed by atoms with Gasteiger partial charge in [-0.3, -0.25) is 5.10 Å². The number of hydrogen-bond donors (Lipinski definition) is 1. The number of hydrogen-bond acceptors (Lipinski definition) is 5. The topological polar surface area (TPSA) is 89.1 Å². The lowest BCUT2D eigenvalue weighted by Gasteiger charge is -2.18. The van der Waals surface area contributed by atoms with Crippen molar-refractivity contribution >= 4 is 17.4 Å². The van der Waals surface area contributed by atoms with Crippen molar-refractivity contribution in [2.24, 2.45) is 0 Å². The first kappa shape index (κ1) is 21.5. The molecule has 8 nitrogen and oxygen atoms in total. The molecule has 4 aromatic rings. The average Bonchev–Trinajstić information content (AvgIpc) is 3.33. The molecule has 0 aliphatic rings. The van der Waals surface area contributed by atoms with Crippen LogP contribution in [0.5, 0.6) is 0 Å². The Morgan fingerprint density at radius 3 is 1.90 bits per heavy atom. The molecule has 0 amide bonds. The van der Waals surface area contributed by atoms with E-state index in [1.54, 1.807) is 9.26 Å². The minimum atomic E-state index is -0.155. The molecule has 0 spiro atoms. The minimum absolute atomic E-state index is 0.110. The van der Waals surface area contributed by atoms with Crippen LogP contribution < -0.4 is 5.22 Å². The predicted molar refractivity (Wildman–Crippen MR) is 122 cm³/mol. The first-order valence-corrected chi connectivity index (χ1v) is 11.1. The van der Waals surface area contributed by atoms with E-state index in [4.69, 9.17) is 15.1 Å². The van der Waals surface area contributed by atoms with E-state index in [1.807, 2.05) is 0 Å². The quantitative estimate of drug-likeness (QED) is 0.541. The monoisotopic (exact) mass is 422 g/mol. The Balaban J connectivity index is 2.09. The van der Waals surface area contributed by atoms with E-state index < -0.39 is 0 Å². The molecule has 4 aromatic heterocycles. The van der Waals surface area contributed by atoms with Crippen LogP contribution in [0.1, 0.15) is 110 Å². The molecular formula is C23H34N8. The second kappa shape index (κ2) is 6.87. The lowest BCUT2D eigenvalue weighted by atomic mass is 9.88. The van der Waals surface area contributed by atoms with Crippen molar-refractivity contribution in [3.05, 3.63) is 33.8 Å². The van der Waals surface area contributed by atoms with Crippen molar-refractivity contribution in [2.75, 3.05) is 0 Å². The largest absolute Gasteiger partial charge is 0.279 e. The zero-order valence-electron chi connectivity index (χ0n) is 20.4. The summed E-state index contributed by atoms with van der Waals surface area (Å²) in [6.07, 6.45) is 2.17. The van der Waals surface area contributed by atoms with Gasteiger partial charge in [0, 0.05) is 33.4 Å². The first-order chi connectivity index (χ1) is 14.3. The zero-order chi connectivity index (χ0) is 22.9. The van der Waals surface area contributed by atoms with Gasteiger partial charge >= 0.3 is 0 Å². The fraction of sp³-hybridized carbons (Fsp3) is 0.609. The van der Waals surface area contributed by atoms with Gasteiger partial charge in [0.15, 0.2) is 22.9 Å². The Labute approximate surface area is 183 Å². The summed E-state index contributed by atoms with van der Waals surface area (Å²) in [4.78, 5) is 9.70. The van der Waals surface area contributed by atoms with Crippen LogP contribution in [0.15, 0.2) is 0 Å². The van der Waals surface area contributed by atoms with Crippen LogP contribution in [-0.4, -0.2) is 39.6 Å². The van der Waals surface area contributed by atoms with Crippen LogP contribution in [0.25, 0.3) is 17.4 Å². The third-order valence-corrected chi connectivity index (χ3v) is 5.43. The standard InChI is InChI=1S/C23H34N8/c1-12(2)18-24-20-14(16(22(5,6)7)26-30(20)28-18)11-15-17(23(8,9)10)27-31-21(15)25-19(29-31)13(3)4/h11-13,26H,1-10H3. The molecule has 0 aliphatic heterocycles. The van der Waals surface area contributed by atoms with Crippen molar-refractivity contribution in [1.82, 2.24) is 39.6 Å². The van der Waals surface area contributed by atoms with Crippen LogP contribution in [0.2, 0.25) is 0 Å². The Kier molecular flexibility index (Phi) is 4.75. The van der Waals surface area contributed by atoms with Crippen LogP contribution in [0.4, 0.5) is 0 Å². The van der Waals surface area contributed by atoms with Gasteiger partial charge in [-0.15, -0.1) is 14.8 Å².